The fraction of sp³-hybridized carbons (Fsp3) is 0.120. The van der Waals surface area contributed by atoms with Gasteiger partial charge in [0.25, 0.3) is 5.69 Å². The quantitative estimate of drug-likeness (QED) is 0.128. The number of nitrogens with one attached hydrogen (secondary N) is 2. The molecule has 0 heterocycles. The summed E-state index contributed by atoms with van der Waals surface area (Å²) >= 11 is 0. The molecule has 0 radical (unpaired) electrons. The van der Waals surface area contributed by atoms with Crippen LogP contribution in [-0.2, 0) is 9.59 Å². The molecular weight excluding hydrogens is 468 g/mol. The van der Waals surface area contributed by atoms with Crippen LogP contribution in [0.2, 0.25) is 0 Å². The summed E-state index contributed by atoms with van der Waals surface area (Å²) in [5.74, 6) is -2.25. The van der Waals surface area contributed by atoms with Gasteiger partial charge in [0.15, 0.2) is 11.5 Å². The van der Waals surface area contributed by atoms with Gasteiger partial charge in [0, 0.05) is 17.8 Å². The Morgan fingerprint density at radius 3 is 2.19 bits per heavy atom. The first-order chi connectivity index (χ1) is 17.2. The molecule has 3 aromatic rings. The molecule has 2 amide bonds. The Balaban J connectivity index is 1.61. The first kappa shape index (κ1) is 25.6. The van der Waals surface area contributed by atoms with E-state index in [0.29, 0.717) is 11.3 Å². The van der Waals surface area contributed by atoms with Crippen LogP contribution >= 0.6 is 0 Å². The average molecular weight is 490 g/mol. The summed E-state index contributed by atoms with van der Waals surface area (Å²) in [5, 5.41) is 17.0. The molecule has 3 aromatic carbocycles. The van der Waals surface area contributed by atoms with Crippen molar-refractivity contribution in [2.75, 3.05) is 12.4 Å². The van der Waals surface area contributed by atoms with Gasteiger partial charge in [0.05, 0.1) is 23.8 Å². The fourth-order valence-corrected chi connectivity index (χ4v) is 3.18. The number of nitrogens with zero attached hydrogens (tertiary/aromatic N) is 2. The zero-order valence-electron chi connectivity index (χ0n) is 19.6. The number of carbonyl (C=O) groups is 3. The highest BCUT2D eigenvalue weighted by Gasteiger charge is 2.15. The minimum atomic E-state index is -0.953. The van der Waals surface area contributed by atoms with Gasteiger partial charge in [-0.3, -0.25) is 19.7 Å². The SMILES string of the molecule is COc1cc(/C=N/NC(=O)C(=O)Nc2cc(C)cc(C)c2)ccc1OC(=O)c1ccc([N+](=O)[O-])cc1. The van der Waals surface area contributed by atoms with Crippen molar-refractivity contribution in [1.29, 1.82) is 0 Å². The van der Waals surface area contributed by atoms with Crippen LogP contribution in [0.25, 0.3) is 0 Å². The monoisotopic (exact) mass is 490 g/mol. The van der Waals surface area contributed by atoms with Crippen LogP contribution in [0.5, 0.6) is 11.5 Å². The molecule has 11 heteroatoms. The topological polar surface area (TPSA) is 149 Å². The van der Waals surface area contributed by atoms with Crippen molar-refractivity contribution < 1.29 is 28.8 Å². The molecule has 11 nitrogen and oxygen atoms in total. The largest absolute Gasteiger partial charge is 0.493 e. The smallest absolute Gasteiger partial charge is 0.343 e. The van der Waals surface area contributed by atoms with Gasteiger partial charge in [-0.05, 0) is 73.0 Å². The molecule has 0 aliphatic rings. The minimum Gasteiger partial charge on any atom is -0.493 e. The number of ether oxygens (including phenoxy) is 2. The summed E-state index contributed by atoms with van der Waals surface area (Å²) in [7, 11) is 1.37. The van der Waals surface area contributed by atoms with E-state index in [1.807, 2.05) is 19.9 Å². The van der Waals surface area contributed by atoms with Crippen LogP contribution in [0.15, 0.2) is 65.8 Å². The molecule has 2 N–H and O–H groups in total. The maximum atomic E-state index is 12.4. The molecule has 0 fully saturated rings. The van der Waals surface area contributed by atoms with Crippen LogP contribution in [0, 0.1) is 24.0 Å². The predicted molar refractivity (Wildman–Crippen MR) is 131 cm³/mol. The number of nitro groups is 1. The number of nitro benzene ring substituents is 1. The number of esters is 1. The van der Waals surface area contributed by atoms with Crippen molar-refractivity contribution >= 4 is 35.4 Å². The zero-order chi connectivity index (χ0) is 26.2. The third kappa shape index (κ3) is 6.73. The molecule has 0 saturated carbocycles. The number of rotatable bonds is 7. The molecule has 0 aromatic heterocycles. The van der Waals surface area contributed by atoms with Gasteiger partial charge in [-0.1, -0.05) is 6.07 Å². The predicted octanol–water partition coefficient (Wildman–Crippen LogP) is 3.53. The van der Waals surface area contributed by atoms with Gasteiger partial charge in [-0.15, -0.1) is 0 Å². The van der Waals surface area contributed by atoms with E-state index < -0.39 is 22.7 Å². The van der Waals surface area contributed by atoms with E-state index in [9.17, 15) is 24.5 Å². The fourth-order valence-electron chi connectivity index (χ4n) is 3.18. The number of methoxy groups -OCH3 is 1. The van der Waals surface area contributed by atoms with E-state index in [2.05, 4.69) is 15.8 Å². The van der Waals surface area contributed by atoms with E-state index in [0.717, 1.165) is 11.1 Å². The summed E-state index contributed by atoms with van der Waals surface area (Å²) in [6, 6.07) is 14.9. The van der Waals surface area contributed by atoms with Crippen molar-refractivity contribution in [2.45, 2.75) is 13.8 Å². The zero-order valence-corrected chi connectivity index (χ0v) is 19.6. The maximum Gasteiger partial charge on any atom is 0.343 e. The Hall–Kier alpha value is -5.06. The van der Waals surface area contributed by atoms with E-state index >= 15 is 0 Å². The molecule has 0 bridgehead atoms. The lowest BCUT2D eigenvalue weighted by atomic mass is 10.1. The third-order valence-electron chi connectivity index (χ3n) is 4.77. The second-order valence-electron chi connectivity index (χ2n) is 7.63. The molecule has 36 heavy (non-hydrogen) atoms. The van der Waals surface area contributed by atoms with Crippen LogP contribution in [0.4, 0.5) is 11.4 Å². The number of aryl methyl sites for hydroxylation is 2. The number of anilines is 1. The number of hydrazone groups is 1. The van der Waals surface area contributed by atoms with E-state index in [-0.39, 0.29) is 22.7 Å². The van der Waals surface area contributed by atoms with Crippen LogP contribution in [0.3, 0.4) is 0 Å². The van der Waals surface area contributed by atoms with Crippen molar-refractivity contribution in [3.8, 4) is 11.5 Å². The van der Waals surface area contributed by atoms with Gasteiger partial charge in [-0.25, -0.2) is 10.2 Å². The summed E-state index contributed by atoms with van der Waals surface area (Å²) < 4.78 is 10.6. The second kappa shape index (κ2) is 11.4. The van der Waals surface area contributed by atoms with Crippen molar-refractivity contribution in [2.24, 2.45) is 5.10 Å². The molecule has 0 aliphatic carbocycles. The molecule has 0 saturated heterocycles. The second-order valence-corrected chi connectivity index (χ2v) is 7.63. The summed E-state index contributed by atoms with van der Waals surface area (Å²) in [4.78, 5) is 46.7. The van der Waals surface area contributed by atoms with Gasteiger partial charge >= 0.3 is 17.8 Å². The molecule has 3 rings (SSSR count). The Bertz CT molecular complexity index is 1330. The lowest BCUT2D eigenvalue weighted by molar-refractivity contribution is -0.384. The Labute approximate surface area is 205 Å². The standard InChI is InChI=1S/C25H22N4O7/c1-15-10-16(2)12-19(11-15)27-23(30)24(31)28-26-14-17-4-9-21(22(13-17)35-3)36-25(32)18-5-7-20(8-6-18)29(33)34/h4-14H,1-3H3,(H,27,30)(H,28,31)/b26-14+. The number of amides is 2. The summed E-state index contributed by atoms with van der Waals surface area (Å²) in [6.07, 6.45) is 1.28. The third-order valence-corrected chi connectivity index (χ3v) is 4.77. The van der Waals surface area contributed by atoms with E-state index in [1.165, 1.54) is 49.7 Å². The normalized spacial score (nSPS) is 10.5. The van der Waals surface area contributed by atoms with Gasteiger partial charge in [-0.2, -0.15) is 5.10 Å². The lowest BCUT2D eigenvalue weighted by Gasteiger charge is -2.10. The van der Waals surface area contributed by atoms with Gasteiger partial charge in [0.1, 0.15) is 0 Å². The first-order valence-electron chi connectivity index (χ1n) is 10.5. The van der Waals surface area contributed by atoms with Crippen molar-refractivity contribution in [1.82, 2.24) is 5.43 Å². The average Bonchev–Trinajstić information content (AvgIpc) is 2.84. The molecule has 0 aliphatic heterocycles. The van der Waals surface area contributed by atoms with Crippen LogP contribution < -0.4 is 20.2 Å². The summed E-state index contributed by atoms with van der Waals surface area (Å²) in [5.41, 5.74) is 4.98. The van der Waals surface area contributed by atoms with Crippen LogP contribution in [0.1, 0.15) is 27.0 Å². The highest BCUT2D eigenvalue weighted by atomic mass is 16.6. The number of hydrogen-bond acceptors (Lipinski definition) is 8. The Morgan fingerprint density at radius 1 is 0.917 bits per heavy atom. The molecule has 0 spiro atoms. The number of non-ortho nitro benzene ring substituents is 1. The maximum absolute atomic E-state index is 12.4. The molecule has 184 valence electrons. The van der Waals surface area contributed by atoms with Crippen molar-refractivity contribution in [3.05, 3.63) is 93.0 Å². The highest BCUT2D eigenvalue weighted by molar-refractivity contribution is 6.39. The Morgan fingerprint density at radius 2 is 1.58 bits per heavy atom. The minimum absolute atomic E-state index is 0.106. The molecule has 0 atom stereocenters. The number of hydrogen-bond donors (Lipinski definition) is 2. The van der Waals surface area contributed by atoms with Gasteiger partial charge in [0.2, 0.25) is 0 Å². The highest BCUT2D eigenvalue weighted by Crippen LogP contribution is 2.28. The van der Waals surface area contributed by atoms with E-state index in [4.69, 9.17) is 9.47 Å². The first-order valence-corrected chi connectivity index (χ1v) is 10.5. The lowest BCUT2D eigenvalue weighted by Crippen LogP contribution is -2.32. The summed E-state index contributed by atoms with van der Waals surface area (Å²) in [6.45, 7) is 3.76. The van der Waals surface area contributed by atoms with Crippen molar-refractivity contribution in [3.63, 3.8) is 0 Å². The van der Waals surface area contributed by atoms with Crippen LogP contribution in [-0.4, -0.2) is 36.0 Å². The molecule has 0 unspecified atom stereocenters. The molecular formula is C25H22N4O7. The number of benzene rings is 3. The number of carbonyl (C=O) groups excluding carboxylic acids is 3. The van der Waals surface area contributed by atoms with Gasteiger partial charge < -0.3 is 14.8 Å². The Kier molecular flexibility index (Phi) is 8.08. The van der Waals surface area contributed by atoms with E-state index in [1.54, 1.807) is 18.2 Å².